The number of hydrogen-bond donors (Lipinski definition) is 2. The molecule has 1 aromatic rings. The van der Waals surface area contributed by atoms with Crippen molar-refractivity contribution < 1.29 is 24.0 Å². The van der Waals surface area contributed by atoms with Gasteiger partial charge in [-0.15, -0.1) is 0 Å². The Morgan fingerprint density at radius 2 is 2.29 bits per heavy atom. The van der Waals surface area contributed by atoms with Crippen molar-refractivity contribution in [2.75, 3.05) is 7.11 Å². The fraction of sp³-hybridized carbons (Fsp3) is 0.429. The zero-order valence-electron chi connectivity index (χ0n) is 12.1. The quantitative estimate of drug-likeness (QED) is 0.630. The van der Waals surface area contributed by atoms with Gasteiger partial charge in [-0.3, -0.25) is 4.79 Å². The third-order valence-corrected chi connectivity index (χ3v) is 3.35. The van der Waals surface area contributed by atoms with Gasteiger partial charge in [0, 0.05) is 6.42 Å². The molecule has 0 aliphatic carbocycles. The molecule has 0 spiro atoms. The number of hydrogen-bond acceptors (Lipinski definition) is 5. The Hall–Kier alpha value is -2.02. The Kier molecular flexibility index (Phi) is 4.85. The second kappa shape index (κ2) is 6.63. The van der Waals surface area contributed by atoms with E-state index in [2.05, 4.69) is 5.32 Å². The van der Waals surface area contributed by atoms with E-state index in [1.165, 1.54) is 7.11 Å². The van der Waals surface area contributed by atoms with E-state index in [1.54, 1.807) is 18.2 Å². The van der Waals surface area contributed by atoms with Crippen LogP contribution in [0.25, 0.3) is 0 Å². The summed E-state index contributed by atoms with van der Waals surface area (Å²) < 4.78 is 10.1. The summed E-state index contributed by atoms with van der Waals surface area (Å²) in [5.41, 5.74) is 1.03. The molecule has 1 atom stereocenters. The van der Waals surface area contributed by atoms with Crippen LogP contribution < -0.4 is 9.97 Å². The molecule has 0 radical (unpaired) electrons. The lowest BCUT2D eigenvalue weighted by molar-refractivity contribution is -0.121. The molecule has 0 bridgehead atoms. The average molecular weight is 291 g/mol. The number of carbonyl (C=O) groups is 2. The number of fused-ring (bicyclic) bond motifs is 1. The van der Waals surface area contributed by atoms with Crippen molar-refractivity contribution in [1.29, 1.82) is 0 Å². The van der Waals surface area contributed by atoms with E-state index in [4.69, 9.17) is 9.39 Å². The monoisotopic (exact) mass is 291 g/mol. The Bertz CT molecular complexity index is 548. The van der Waals surface area contributed by atoms with Crippen molar-refractivity contribution in [2.24, 2.45) is 0 Å². The standard InChI is InChI=1S/C14H18BNO5/c1-3-5-12(17)16-11-8-9-6-4-7-10(14(18)20-2)13(9)21-15(11)19/h4,6-7,11,19H,3,5,8H2,1-2H3,(H,16,17). The van der Waals surface area contributed by atoms with Crippen molar-refractivity contribution in [3.63, 3.8) is 0 Å². The molecule has 2 rings (SSSR count). The first kappa shape index (κ1) is 15.4. The van der Waals surface area contributed by atoms with Gasteiger partial charge in [0.25, 0.3) is 0 Å². The van der Waals surface area contributed by atoms with Gasteiger partial charge >= 0.3 is 13.1 Å². The first-order valence-electron chi connectivity index (χ1n) is 6.91. The van der Waals surface area contributed by atoms with Gasteiger partial charge in [0.1, 0.15) is 11.3 Å². The molecule has 0 saturated carbocycles. The minimum Gasteiger partial charge on any atom is -0.534 e. The molecule has 6 nitrogen and oxygen atoms in total. The lowest BCUT2D eigenvalue weighted by Gasteiger charge is -2.29. The minimum atomic E-state index is -1.19. The van der Waals surface area contributed by atoms with E-state index in [-0.39, 0.29) is 11.5 Å². The second-order valence-electron chi connectivity index (χ2n) is 4.92. The number of benzene rings is 1. The SMILES string of the molecule is CCCC(=O)NC1Cc2cccc(C(=O)OC)c2OB1O. The number of para-hydroxylation sites is 1. The topological polar surface area (TPSA) is 84.9 Å². The van der Waals surface area contributed by atoms with E-state index in [1.807, 2.05) is 6.92 Å². The van der Waals surface area contributed by atoms with E-state index in [0.717, 1.165) is 12.0 Å². The second-order valence-corrected chi connectivity index (χ2v) is 4.92. The highest BCUT2D eigenvalue weighted by Crippen LogP contribution is 2.30. The normalized spacial score (nSPS) is 16.7. The number of nitrogens with one attached hydrogen (secondary N) is 1. The van der Waals surface area contributed by atoms with Crippen molar-refractivity contribution >= 4 is 19.0 Å². The molecule has 1 aromatic carbocycles. The van der Waals surface area contributed by atoms with Gasteiger partial charge in [-0.25, -0.2) is 4.79 Å². The molecule has 0 fully saturated rings. The average Bonchev–Trinajstić information content (AvgIpc) is 2.47. The van der Waals surface area contributed by atoms with Crippen LogP contribution in [0.2, 0.25) is 0 Å². The highest BCUT2D eigenvalue weighted by Gasteiger charge is 2.37. The zero-order valence-corrected chi connectivity index (χ0v) is 12.1. The van der Waals surface area contributed by atoms with E-state index in [9.17, 15) is 14.6 Å². The van der Waals surface area contributed by atoms with Crippen LogP contribution in [-0.2, 0) is 16.0 Å². The first-order chi connectivity index (χ1) is 10.1. The highest BCUT2D eigenvalue weighted by molar-refractivity contribution is 6.47. The maximum Gasteiger partial charge on any atom is 0.547 e. The number of methoxy groups -OCH3 is 1. The zero-order chi connectivity index (χ0) is 15.4. The van der Waals surface area contributed by atoms with Crippen LogP contribution in [0.3, 0.4) is 0 Å². The summed E-state index contributed by atoms with van der Waals surface area (Å²) in [6, 6.07) is 5.09. The number of amides is 1. The van der Waals surface area contributed by atoms with Crippen LogP contribution >= 0.6 is 0 Å². The predicted octanol–water partition coefficient (Wildman–Crippen LogP) is 0.713. The molecule has 21 heavy (non-hydrogen) atoms. The van der Waals surface area contributed by atoms with Gasteiger partial charge < -0.3 is 19.7 Å². The van der Waals surface area contributed by atoms with Crippen molar-refractivity contribution in [3.05, 3.63) is 29.3 Å². The Balaban J connectivity index is 2.20. The molecular weight excluding hydrogens is 273 g/mol. The van der Waals surface area contributed by atoms with Gasteiger partial charge in [0.2, 0.25) is 5.91 Å². The van der Waals surface area contributed by atoms with Gasteiger partial charge in [0.05, 0.1) is 13.1 Å². The van der Waals surface area contributed by atoms with Gasteiger partial charge in [-0.2, -0.15) is 0 Å². The van der Waals surface area contributed by atoms with E-state index in [0.29, 0.717) is 18.6 Å². The third-order valence-electron chi connectivity index (χ3n) is 3.35. The molecule has 1 heterocycles. The highest BCUT2D eigenvalue weighted by atomic mass is 16.5. The molecule has 0 aromatic heterocycles. The third kappa shape index (κ3) is 3.36. The molecule has 1 unspecified atom stereocenters. The largest absolute Gasteiger partial charge is 0.547 e. The Labute approximate surface area is 123 Å². The molecule has 1 amide bonds. The molecule has 1 aliphatic heterocycles. The number of carbonyl (C=O) groups excluding carboxylic acids is 2. The van der Waals surface area contributed by atoms with Gasteiger partial charge in [-0.1, -0.05) is 19.1 Å². The van der Waals surface area contributed by atoms with Gasteiger partial charge in [-0.05, 0) is 24.5 Å². The Morgan fingerprint density at radius 3 is 2.95 bits per heavy atom. The van der Waals surface area contributed by atoms with Crippen LogP contribution in [0.1, 0.15) is 35.7 Å². The Morgan fingerprint density at radius 1 is 1.52 bits per heavy atom. The van der Waals surface area contributed by atoms with Crippen LogP contribution in [-0.4, -0.2) is 37.1 Å². The summed E-state index contributed by atoms with van der Waals surface area (Å²) in [5.74, 6) is -0.854. The summed E-state index contributed by atoms with van der Waals surface area (Å²) in [6.07, 6.45) is 1.54. The van der Waals surface area contributed by atoms with Crippen molar-refractivity contribution in [3.8, 4) is 5.75 Å². The van der Waals surface area contributed by atoms with E-state index >= 15 is 0 Å². The summed E-state index contributed by atoms with van der Waals surface area (Å²) in [7, 11) is 0.0958. The lowest BCUT2D eigenvalue weighted by atomic mass is 9.72. The number of ether oxygens (including phenoxy) is 1. The molecule has 2 N–H and O–H groups in total. The fourth-order valence-electron chi connectivity index (χ4n) is 2.32. The molecule has 7 heteroatoms. The van der Waals surface area contributed by atoms with E-state index < -0.39 is 19.0 Å². The molecule has 1 aliphatic rings. The summed E-state index contributed by atoms with van der Waals surface area (Å²) in [4.78, 5) is 23.3. The van der Waals surface area contributed by atoms with Crippen LogP contribution in [0.5, 0.6) is 5.75 Å². The van der Waals surface area contributed by atoms with Crippen LogP contribution in [0.4, 0.5) is 0 Å². The molecule has 112 valence electrons. The van der Waals surface area contributed by atoms with Crippen LogP contribution in [0, 0.1) is 0 Å². The maximum absolute atomic E-state index is 11.7. The fourth-order valence-corrected chi connectivity index (χ4v) is 2.32. The van der Waals surface area contributed by atoms with Crippen LogP contribution in [0.15, 0.2) is 18.2 Å². The predicted molar refractivity (Wildman–Crippen MR) is 76.9 cm³/mol. The van der Waals surface area contributed by atoms with Gasteiger partial charge in [0.15, 0.2) is 0 Å². The smallest absolute Gasteiger partial charge is 0.534 e. The number of rotatable bonds is 4. The maximum atomic E-state index is 11.7. The summed E-state index contributed by atoms with van der Waals surface area (Å²) in [5, 5.41) is 12.8. The summed E-state index contributed by atoms with van der Waals surface area (Å²) >= 11 is 0. The van der Waals surface area contributed by atoms with Crippen molar-refractivity contribution in [2.45, 2.75) is 32.1 Å². The lowest BCUT2D eigenvalue weighted by Crippen LogP contribution is -2.53. The first-order valence-corrected chi connectivity index (χ1v) is 6.91. The molecule has 0 saturated heterocycles. The van der Waals surface area contributed by atoms with Crippen molar-refractivity contribution in [1.82, 2.24) is 5.32 Å². The summed E-state index contributed by atoms with van der Waals surface area (Å²) in [6.45, 7) is 1.91. The number of esters is 1. The molecular formula is C14H18BNO5. The minimum absolute atomic E-state index is 0.127.